The summed E-state index contributed by atoms with van der Waals surface area (Å²) in [5, 5.41) is 6.33. The molecule has 0 spiro atoms. The maximum atomic E-state index is 12.7. The number of amides is 1. The lowest BCUT2D eigenvalue weighted by Crippen LogP contribution is -2.43. The van der Waals surface area contributed by atoms with E-state index in [0.29, 0.717) is 22.9 Å². The molecule has 1 aromatic carbocycles. The van der Waals surface area contributed by atoms with E-state index in [0.717, 1.165) is 37.1 Å². The predicted octanol–water partition coefficient (Wildman–Crippen LogP) is 2.98. The molecule has 1 aliphatic heterocycles. The highest BCUT2D eigenvalue weighted by molar-refractivity contribution is 5.95. The Bertz CT molecular complexity index is 1070. The van der Waals surface area contributed by atoms with Gasteiger partial charge in [0.25, 0.3) is 5.91 Å². The minimum atomic E-state index is -0.0853. The first-order chi connectivity index (χ1) is 14.9. The fourth-order valence-electron chi connectivity index (χ4n) is 3.74. The Labute approximate surface area is 181 Å². The molecule has 1 aliphatic rings. The molecule has 4 rings (SSSR count). The van der Waals surface area contributed by atoms with Crippen molar-refractivity contribution in [3.63, 3.8) is 0 Å². The quantitative estimate of drug-likeness (QED) is 0.629. The van der Waals surface area contributed by atoms with Gasteiger partial charge in [-0.1, -0.05) is 0 Å². The van der Waals surface area contributed by atoms with Crippen LogP contribution >= 0.6 is 0 Å². The van der Waals surface area contributed by atoms with Crippen LogP contribution in [-0.4, -0.2) is 63.6 Å². The Hall–Kier alpha value is -3.20. The van der Waals surface area contributed by atoms with Crippen LogP contribution in [0.15, 0.2) is 30.7 Å². The number of nitrogens with zero attached hydrogens (tertiary/aromatic N) is 5. The number of ether oxygens (including phenoxy) is 1. The van der Waals surface area contributed by atoms with Gasteiger partial charge < -0.3 is 24.8 Å². The van der Waals surface area contributed by atoms with Crippen molar-refractivity contribution in [2.75, 3.05) is 32.6 Å². The van der Waals surface area contributed by atoms with Crippen LogP contribution in [-0.2, 0) is 0 Å². The number of hydrogen-bond acceptors (Lipinski definition) is 7. The van der Waals surface area contributed by atoms with Gasteiger partial charge in [-0.15, -0.1) is 0 Å². The van der Waals surface area contributed by atoms with E-state index in [2.05, 4.69) is 51.4 Å². The number of rotatable bonds is 6. The zero-order chi connectivity index (χ0) is 22.0. The molecule has 9 heteroatoms. The number of methoxy groups -OCH3 is 1. The van der Waals surface area contributed by atoms with Crippen molar-refractivity contribution in [2.24, 2.45) is 0 Å². The summed E-state index contributed by atoms with van der Waals surface area (Å²) in [4.78, 5) is 28.3. The molecule has 0 saturated carbocycles. The maximum Gasteiger partial charge on any atom is 0.251 e. The number of likely N-dealkylation sites (tertiary alicyclic amines) is 1. The van der Waals surface area contributed by atoms with E-state index < -0.39 is 0 Å². The standard InChI is InChI=1S/C22H29N7O2/c1-14(2)29-13-24-18-12-23-22(27-20(18)29)26-17-6-5-15(11-19(17)31-4)21(30)25-16-7-9-28(3)10-8-16/h5-6,11-14,16H,7-10H2,1-4H3,(H,25,30)(H,23,26,27). The Morgan fingerprint density at radius 1 is 1.23 bits per heavy atom. The summed E-state index contributed by atoms with van der Waals surface area (Å²) in [5.41, 5.74) is 2.76. The fourth-order valence-corrected chi connectivity index (χ4v) is 3.74. The van der Waals surface area contributed by atoms with Crippen LogP contribution in [0.1, 0.15) is 43.1 Å². The van der Waals surface area contributed by atoms with Gasteiger partial charge in [0.1, 0.15) is 11.3 Å². The van der Waals surface area contributed by atoms with E-state index in [9.17, 15) is 4.79 Å². The summed E-state index contributed by atoms with van der Waals surface area (Å²) in [6.07, 6.45) is 5.39. The van der Waals surface area contributed by atoms with Gasteiger partial charge in [-0.25, -0.2) is 9.97 Å². The molecule has 1 amide bonds. The maximum absolute atomic E-state index is 12.7. The molecule has 0 radical (unpaired) electrons. The highest BCUT2D eigenvalue weighted by Gasteiger charge is 2.20. The summed E-state index contributed by atoms with van der Waals surface area (Å²) < 4.78 is 7.52. The Morgan fingerprint density at radius 2 is 2.00 bits per heavy atom. The number of fused-ring (bicyclic) bond motifs is 1. The Kier molecular flexibility index (Phi) is 6.03. The lowest BCUT2D eigenvalue weighted by atomic mass is 10.0. The van der Waals surface area contributed by atoms with Gasteiger partial charge in [0, 0.05) is 17.6 Å². The second-order valence-electron chi connectivity index (χ2n) is 8.24. The first-order valence-electron chi connectivity index (χ1n) is 10.6. The summed E-state index contributed by atoms with van der Waals surface area (Å²) in [7, 11) is 3.68. The van der Waals surface area contributed by atoms with Crippen LogP contribution in [0.25, 0.3) is 11.2 Å². The summed E-state index contributed by atoms with van der Waals surface area (Å²) >= 11 is 0. The number of hydrogen-bond donors (Lipinski definition) is 2. The van der Waals surface area contributed by atoms with Crippen molar-refractivity contribution in [3.8, 4) is 5.75 Å². The third-order valence-electron chi connectivity index (χ3n) is 5.64. The van der Waals surface area contributed by atoms with Crippen molar-refractivity contribution >= 4 is 28.7 Å². The highest BCUT2D eigenvalue weighted by Crippen LogP contribution is 2.28. The van der Waals surface area contributed by atoms with Gasteiger partial charge >= 0.3 is 0 Å². The lowest BCUT2D eigenvalue weighted by Gasteiger charge is -2.29. The molecule has 3 aromatic rings. The Morgan fingerprint density at radius 3 is 2.71 bits per heavy atom. The molecule has 164 valence electrons. The monoisotopic (exact) mass is 423 g/mol. The van der Waals surface area contributed by atoms with Crippen molar-refractivity contribution in [1.29, 1.82) is 0 Å². The molecular weight excluding hydrogens is 394 g/mol. The van der Waals surface area contributed by atoms with Crippen LogP contribution in [0.3, 0.4) is 0 Å². The molecule has 1 saturated heterocycles. The van der Waals surface area contributed by atoms with Crippen LogP contribution in [0.5, 0.6) is 5.75 Å². The summed E-state index contributed by atoms with van der Waals surface area (Å²) in [5.74, 6) is 0.909. The molecule has 0 aliphatic carbocycles. The number of carbonyl (C=O) groups is 1. The number of carbonyl (C=O) groups excluding carboxylic acids is 1. The third kappa shape index (κ3) is 4.61. The second-order valence-corrected chi connectivity index (χ2v) is 8.24. The normalized spacial score (nSPS) is 15.4. The molecule has 0 unspecified atom stereocenters. The zero-order valence-corrected chi connectivity index (χ0v) is 18.4. The van der Waals surface area contributed by atoms with Crippen molar-refractivity contribution < 1.29 is 9.53 Å². The summed E-state index contributed by atoms with van der Waals surface area (Å²) in [6.45, 7) is 6.15. The Balaban J connectivity index is 1.51. The minimum Gasteiger partial charge on any atom is -0.495 e. The SMILES string of the molecule is COc1cc(C(=O)NC2CCN(C)CC2)ccc1Nc1ncc2ncn(C(C)C)c2n1. The van der Waals surface area contributed by atoms with Crippen molar-refractivity contribution in [3.05, 3.63) is 36.3 Å². The van der Waals surface area contributed by atoms with Crippen molar-refractivity contribution in [1.82, 2.24) is 29.7 Å². The van der Waals surface area contributed by atoms with E-state index in [-0.39, 0.29) is 18.0 Å². The van der Waals surface area contributed by atoms with Crippen molar-refractivity contribution in [2.45, 2.75) is 38.8 Å². The highest BCUT2D eigenvalue weighted by atomic mass is 16.5. The third-order valence-corrected chi connectivity index (χ3v) is 5.64. The summed E-state index contributed by atoms with van der Waals surface area (Å²) in [6, 6.07) is 5.79. The number of imidazole rings is 1. The largest absolute Gasteiger partial charge is 0.495 e. The van der Waals surface area contributed by atoms with Gasteiger partial charge in [0.2, 0.25) is 5.95 Å². The van der Waals surface area contributed by atoms with E-state index in [1.807, 2.05) is 10.6 Å². The number of piperidine rings is 1. The molecule has 9 nitrogen and oxygen atoms in total. The average Bonchev–Trinajstić information content (AvgIpc) is 3.19. The lowest BCUT2D eigenvalue weighted by molar-refractivity contribution is 0.0916. The van der Waals surface area contributed by atoms with Crippen LogP contribution < -0.4 is 15.4 Å². The molecule has 0 bridgehead atoms. The number of benzene rings is 1. The first-order valence-corrected chi connectivity index (χ1v) is 10.6. The predicted molar refractivity (Wildman–Crippen MR) is 120 cm³/mol. The van der Waals surface area contributed by atoms with E-state index in [4.69, 9.17) is 4.74 Å². The fraction of sp³-hybridized carbons (Fsp3) is 0.455. The first kappa shape index (κ1) is 21.0. The van der Waals surface area contributed by atoms with Gasteiger partial charge in [0.15, 0.2) is 5.65 Å². The topological polar surface area (TPSA) is 97.2 Å². The molecule has 2 aromatic heterocycles. The minimum absolute atomic E-state index is 0.0853. The molecule has 2 N–H and O–H groups in total. The number of nitrogens with one attached hydrogen (secondary N) is 2. The van der Waals surface area contributed by atoms with Gasteiger partial charge in [-0.2, -0.15) is 4.98 Å². The van der Waals surface area contributed by atoms with Gasteiger partial charge in [-0.05, 0) is 65.0 Å². The molecule has 1 fully saturated rings. The number of anilines is 2. The van der Waals surface area contributed by atoms with Crippen LogP contribution in [0.2, 0.25) is 0 Å². The van der Waals surface area contributed by atoms with Crippen LogP contribution in [0, 0.1) is 0 Å². The van der Waals surface area contributed by atoms with E-state index in [1.165, 1.54) is 0 Å². The van der Waals surface area contributed by atoms with Gasteiger partial charge in [0.05, 0.1) is 25.3 Å². The number of aromatic nitrogens is 4. The zero-order valence-electron chi connectivity index (χ0n) is 18.4. The molecule has 31 heavy (non-hydrogen) atoms. The average molecular weight is 424 g/mol. The molecular formula is C22H29N7O2. The molecule has 3 heterocycles. The van der Waals surface area contributed by atoms with E-state index >= 15 is 0 Å². The van der Waals surface area contributed by atoms with Crippen LogP contribution in [0.4, 0.5) is 11.6 Å². The van der Waals surface area contributed by atoms with Gasteiger partial charge in [-0.3, -0.25) is 4.79 Å². The smallest absolute Gasteiger partial charge is 0.251 e. The second kappa shape index (κ2) is 8.89. The molecule has 0 atom stereocenters. The van der Waals surface area contributed by atoms with E-state index in [1.54, 1.807) is 31.8 Å².